The first-order chi connectivity index (χ1) is 6.36. The van der Waals surface area contributed by atoms with Crippen LogP contribution in [0.1, 0.15) is 30.9 Å². The summed E-state index contributed by atoms with van der Waals surface area (Å²) in [5.74, 6) is 0. The minimum absolute atomic E-state index is 0.556. The predicted molar refractivity (Wildman–Crippen MR) is 58.3 cm³/mol. The topological polar surface area (TPSA) is 12.0 Å². The van der Waals surface area contributed by atoms with Crippen molar-refractivity contribution in [3.63, 3.8) is 0 Å². The van der Waals surface area contributed by atoms with Crippen LogP contribution in [0.25, 0.3) is 0 Å². The van der Waals surface area contributed by atoms with Crippen molar-refractivity contribution >= 4 is 12.6 Å². The van der Waals surface area contributed by atoms with Gasteiger partial charge in [-0.15, -0.1) is 12.6 Å². The molecule has 0 saturated carbocycles. The summed E-state index contributed by atoms with van der Waals surface area (Å²) < 4.78 is 0. The van der Waals surface area contributed by atoms with Gasteiger partial charge in [-0.1, -0.05) is 18.6 Å². The highest BCUT2D eigenvalue weighted by Gasteiger charge is 2.13. The van der Waals surface area contributed by atoms with Crippen LogP contribution < -0.4 is 5.32 Å². The van der Waals surface area contributed by atoms with Gasteiger partial charge >= 0.3 is 0 Å². The molecule has 1 aromatic rings. The van der Waals surface area contributed by atoms with E-state index in [0.717, 1.165) is 11.4 Å². The molecule has 1 aliphatic heterocycles. The largest absolute Gasteiger partial charge is 0.310 e. The highest BCUT2D eigenvalue weighted by molar-refractivity contribution is 7.80. The molecule has 0 aliphatic carbocycles. The fraction of sp³-hybridized carbons (Fsp3) is 0.455. The Hall–Kier alpha value is -0.470. The molecule has 1 atom stereocenters. The van der Waals surface area contributed by atoms with Crippen LogP contribution in [-0.4, -0.2) is 6.54 Å². The van der Waals surface area contributed by atoms with Gasteiger partial charge in [0.25, 0.3) is 0 Å². The van der Waals surface area contributed by atoms with Crippen molar-refractivity contribution in [2.24, 2.45) is 0 Å². The molecule has 70 valence electrons. The number of rotatable bonds is 1. The summed E-state index contributed by atoms with van der Waals surface area (Å²) in [5, 5.41) is 3.53. The molecule has 13 heavy (non-hydrogen) atoms. The van der Waals surface area contributed by atoms with Crippen molar-refractivity contribution in [2.45, 2.75) is 30.2 Å². The molecule has 1 aromatic carbocycles. The Kier molecular flexibility index (Phi) is 2.91. The Balaban J connectivity index is 2.14. The van der Waals surface area contributed by atoms with Crippen molar-refractivity contribution < 1.29 is 0 Å². The van der Waals surface area contributed by atoms with Crippen molar-refractivity contribution in [2.75, 3.05) is 6.54 Å². The third-order valence-electron chi connectivity index (χ3n) is 2.58. The lowest BCUT2D eigenvalue weighted by Crippen LogP contribution is -2.26. The van der Waals surface area contributed by atoms with Crippen LogP contribution in [0, 0.1) is 0 Å². The molecular formula is C11H15NS. The first-order valence-corrected chi connectivity index (χ1v) is 5.33. The quantitative estimate of drug-likeness (QED) is 0.654. The lowest BCUT2D eigenvalue weighted by atomic mass is 9.98. The van der Waals surface area contributed by atoms with E-state index in [2.05, 4.69) is 36.1 Å². The Morgan fingerprint density at radius 2 is 2.23 bits per heavy atom. The Morgan fingerprint density at radius 3 is 2.92 bits per heavy atom. The standard InChI is InChI=1S/C11H15NS/c13-10-5-3-4-9(8-10)11-6-1-2-7-12-11/h3-5,8,11-13H,1-2,6-7H2/t11-/m0/s1. The molecule has 0 spiro atoms. The highest BCUT2D eigenvalue weighted by atomic mass is 32.1. The van der Waals surface area contributed by atoms with E-state index in [1.54, 1.807) is 0 Å². The van der Waals surface area contributed by atoms with E-state index in [0.29, 0.717) is 6.04 Å². The molecule has 1 fully saturated rings. The van der Waals surface area contributed by atoms with Gasteiger partial charge in [-0.2, -0.15) is 0 Å². The molecule has 0 amide bonds. The minimum atomic E-state index is 0.556. The summed E-state index contributed by atoms with van der Waals surface area (Å²) in [5.41, 5.74) is 1.38. The average molecular weight is 193 g/mol. The molecule has 0 unspecified atom stereocenters. The number of piperidine rings is 1. The second-order valence-corrected chi connectivity index (χ2v) is 4.11. The van der Waals surface area contributed by atoms with E-state index in [1.807, 2.05) is 6.07 Å². The van der Waals surface area contributed by atoms with Gasteiger partial charge in [-0.25, -0.2) is 0 Å². The number of hydrogen-bond acceptors (Lipinski definition) is 2. The number of nitrogens with one attached hydrogen (secondary N) is 1. The van der Waals surface area contributed by atoms with Crippen molar-refractivity contribution in [3.05, 3.63) is 29.8 Å². The van der Waals surface area contributed by atoms with Gasteiger partial charge < -0.3 is 5.32 Å². The molecule has 0 radical (unpaired) electrons. The van der Waals surface area contributed by atoms with E-state index in [9.17, 15) is 0 Å². The molecule has 1 aliphatic rings. The van der Waals surface area contributed by atoms with Crippen LogP contribution in [0.5, 0.6) is 0 Å². The van der Waals surface area contributed by atoms with E-state index >= 15 is 0 Å². The van der Waals surface area contributed by atoms with Gasteiger partial charge in [-0.05, 0) is 37.1 Å². The number of benzene rings is 1. The zero-order valence-corrected chi connectivity index (χ0v) is 8.56. The maximum Gasteiger partial charge on any atom is 0.0320 e. The van der Waals surface area contributed by atoms with E-state index < -0.39 is 0 Å². The van der Waals surface area contributed by atoms with Crippen LogP contribution in [0.15, 0.2) is 29.2 Å². The molecule has 1 heterocycles. The summed E-state index contributed by atoms with van der Waals surface area (Å²) in [6.45, 7) is 1.15. The summed E-state index contributed by atoms with van der Waals surface area (Å²) in [6.07, 6.45) is 3.92. The fourth-order valence-corrected chi connectivity index (χ4v) is 2.11. The number of thiol groups is 1. The summed E-state index contributed by atoms with van der Waals surface area (Å²) in [4.78, 5) is 1.06. The Bertz CT molecular complexity index is 279. The smallest absolute Gasteiger partial charge is 0.0320 e. The van der Waals surface area contributed by atoms with E-state index in [4.69, 9.17) is 0 Å². The van der Waals surface area contributed by atoms with Gasteiger partial charge in [0.1, 0.15) is 0 Å². The third-order valence-corrected chi connectivity index (χ3v) is 2.86. The van der Waals surface area contributed by atoms with Crippen molar-refractivity contribution in [1.82, 2.24) is 5.32 Å². The third kappa shape index (κ3) is 2.26. The normalized spacial score (nSPS) is 23.0. The lowest BCUT2D eigenvalue weighted by Gasteiger charge is -2.23. The summed E-state index contributed by atoms with van der Waals surface area (Å²) in [7, 11) is 0. The lowest BCUT2D eigenvalue weighted by molar-refractivity contribution is 0.412. The van der Waals surface area contributed by atoms with Gasteiger partial charge in [0.2, 0.25) is 0 Å². The number of hydrogen-bond donors (Lipinski definition) is 2. The van der Waals surface area contributed by atoms with Crippen LogP contribution >= 0.6 is 12.6 Å². The predicted octanol–water partition coefficient (Wildman–Crippen LogP) is 2.79. The first-order valence-electron chi connectivity index (χ1n) is 4.88. The average Bonchev–Trinajstić information content (AvgIpc) is 2.19. The van der Waals surface area contributed by atoms with Crippen molar-refractivity contribution in [1.29, 1.82) is 0 Å². The monoisotopic (exact) mass is 193 g/mol. The van der Waals surface area contributed by atoms with Crippen molar-refractivity contribution in [3.8, 4) is 0 Å². The molecular weight excluding hydrogens is 178 g/mol. The Morgan fingerprint density at radius 1 is 1.31 bits per heavy atom. The molecule has 1 nitrogen and oxygen atoms in total. The van der Waals surface area contributed by atoms with E-state index in [1.165, 1.54) is 24.8 Å². The molecule has 0 aromatic heterocycles. The van der Waals surface area contributed by atoms with Gasteiger partial charge in [0.15, 0.2) is 0 Å². The molecule has 1 N–H and O–H groups in total. The van der Waals surface area contributed by atoms with Gasteiger partial charge in [-0.3, -0.25) is 0 Å². The highest BCUT2D eigenvalue weighted by Crippen LogP contribution is 2.24. The second kappa shape index (κ2) is 4.16. The van der Waals surface area contributed by atoms with Crippen LogP contribution in [0.3, 0.4) is 0 Å². The maximum absolute atomic E-state index is 4.35. The SMILES string of the molecule is Sc1cccc([C@@H]2CCCCN2)c1. The molecule has 2 heteroatoms. The van der Waals surface area contributed by atoms with Crippen LogP contribution in [0.4, 0.5) is 0 Å². The molecule has 0 bridgehead atoms. The van der Waals surface area contributed by atoms with Gasteiger partial charge in [0.05, 0.1) is 0 Å². The fourth-order valence-electron chi connectivity index (χ4n) is 1.88. The Labute approximate surface area is 85.0 Å². The van der Waals surface area contributed by atoms with Crippen LogP contribution in [-0.2, 0) is 0 Å². The second-order valence-electron chi connectivity index (χ2n) is 3.60. The first kappa shape index (κ1) is 9.10. The van der Waals surface area contributed by atoms with E-state index in [-0.39, 0.29) is 0 Å². The zero-order chi connectivity index (χ0) is 9.10. The minimum Gasteiger partial charge on any atom is -0.310 e. The summed E-state index contributed by atoms with van der Waals surface area (Å²) >= 11 is 4.35. The zero-order valence-electron chi connectivity index (χ0n) is 7.66. The van der Waals surface area contributed by atoms with Crippen LogP contribution in [0.2, 0.25) is 0 Å². The molecule has 2 rings (SSSR count). The maximum atomic E-state index is 4.35. The van der Waals surface area contributed by atoms with Gasteiger partial charge in [0, 0.05) is 10.9 Å². The molecule has 1 saturated heterocycles. The summed E-state index contributed by atoms with van der Waals surface area (Å²) in [6, 6.07) is 9.00.